The summed E-state index contributed by atoms with van der Waals surface area (Å²) in [5, 5.41) is 8.54. The summed E-state index contributed by atoms with van der Waals surface area (Å²) < 4.78 is 32.6. The lowest BCUT2D eigenvalue weighted by Crippen LogP contribution is -2.28. The summed E-state index contributed by atoms with van der Waals surface area (Å²) in [6.07, 6.45) is 3.70. The molecule has 0 spiro atoms. The minimum atomic E-state index is 0.0406. The van der Waals surface area contributed by atoms with E-state index in [1.54, 1.807) is 0 Å². The third kappa shape index (κ3) is 18.0. The topological polar surface area (TPSA) is 78.9 Å². The van der Waals surface area contributed by atoms with Crippen LogP contribution in [-0.4, -0.2) is 90.5 Å². The van der Waals surface area contributed by atoms with Gasteiger partial charge in [-0.15, -0.1) is 0 Å². The molecule has 4 rings (SSSR count). The number of benzene rings is 3. The second kappa shape index (κ2) is 26.2. The van der Waals surface area contributed by atoms with Gasteiger partial charge in [0, 0.05) is 10.8 Å². The number of hydrogen-bond donors (Lipinski definition) is 1. The molecule has 7 heteroatoms. The molecule has 280 valence electrons. The van der Waals surface area contributed by atoms with E-state index in [0.717, 1.165) is 32.7 Å². The van der Waals surface area contributed by atoms with Crippen LogP contribution in [0.3, 0.4) is 0 Å². The third-order valence-electron chi connectivity index (χ3n) is 9.38. The predicted octanol–water partition coefficient (Wildman–Crippen LogP) is 8.38. The lowest BCUT2D eigenvalue weighted by atomic mass is 9.81. The molecular formula is C43H66O7. The van der Waals surface area contributed by atoms with Crippen LogP contribution in [0.1, 0.15) is 83.4 Å². The Bertz CT molecular complexity index is 1190. The van der Waals surface area contributed by atoms with E-state index in [1.165, 1.54) is 23.1 Å². The first kappa shape index (κ1) is 43.5. The number of hydrogen-bond acceptors (Lipinski definition) is 7. The zero-order valence-electron chi connectivity index (χ0n) is 31.8. The molecule has 0 radical (unpaired) electrons. The molecule has 1 aliphatic rings. The van der Waals surface area contributed by atoms with Crippen LogP contribution in [0.2, 0.25) is 0 Å². The van der Waals surface area contributed by atoms with Crippen molar-refractivity contribution in [3.05, 3.63) is 108 Å². The van der Waals surface area contributed by atoms with Crippen molar-refractivity contribution < 1.29 is 33.5 Å². The molecule has 1 N–H and O–H groups in total. The average Bonchev–Trinajstić information content (AvgIpc) is 4.01. The van der Waals surface area contributed by atoms with Crippen LogP contribution in [-0.2, 0) is 39.3 Å². The highest BCUT2D eigenvalue weighted by Crippen LogP contribution is 2.29. The fourth-order valence-corrected chi connectivity index (χ4v) is 5.08. The van der Waals surface area contributed by atoms with E-state index in [0.29, 0.717) is 64.9 Å². The summed E-state index contributed by atoms with van der Waals surface area (Å²) in [6, 6.07) is 31.7. The van der Waals surface area contributed by atoms with Crippen molar-refractivity contribution in [2.75, 3.05) is 79.3 Å². The van der Waals surface area contributed by atoms with Gasteiger partial charge in [0.25, 0.3) is 0 Å². The lowest BCUT2D eigenvalue weighted by Gasteiger charge is -2.28. The van der Waals surface area contributed by atoms with Gasteiger partial charge in [-0.3, -0.25) is 0 Å². The molecule has 0 aromatic heterocycles. The molecule has 1 fully saturated rings. The zero-order chi connectivity index (χ0) is 36.3. The van der Waals surface area contributed by atoms with Gasteiger partial charge in [0.15, 0.2) is 0 Å². The number of aliphatic hydroxyl groups excluding tert-OH is 1. The quantitative estimate of drug-likeness (QED) is 0.0789. The first-order chi connectivity index (χ1) is 24.3. The molecule has 3 aromatic rings. The molecule has 0 bridgehead atoms. The van der Waals surface area contributed by atoms with Gasteiger partial charge in [-0.2, -0.15) is 0 Å². The molecule has 0 aliphatic carbocycles. The van der Waals surface area contributed by atoms with Crippen LogP contribution >= 0.6 is 0 Å². The van der Waals surface area contributed by atoms with Crippen molar-refractivity contribution in [2.24, 2.45) is 0 Å². The van der Waals surface area contributed by atoms with E-state index in [-0.39, 0.29) is 17.4 Å². The van der Waals surface area contributed by atoms with Crippen molar-refractivity contribution in [1.82, 2.24) is 0 Å². The van der Waals surface area contributed by atoms with E-state index in [9.17, 15) is 0 Å². The Balaban J connectivity index is 0.000000284. The van der Waals surface area contributed by atoms with Gasteiger partial charge in [0.1, 0.15) is 6.10 Å². The van der Waals surface area contributed by atoms with Gasteiger partial charge in [-0.05, 0) is 41.9 Å². The van der Waals surface area contributed by atoms with Gasteiger partial charge < -0.3 is 33.5 Å². The highest BCUT2D eigenvalue weighted by Gasteiger charge is 2.28. The van der Waals surface area contributed by atoms with E-state index >= 15 is 0 Å². The summed E-state index contributed by atoms with van der Waals surface area (Å²) in [7, 11) is 0. The van der Waals surface area contributed by atoms with E-state index < -0.39 is 0 Å². The average molecular weight is 695 g/mol. The summed E-state index contributed by atoms with van der Waals surface area (Å²) in [6.45, 7) is 20.1. The minimum Gasteiger partial charge on any atom is -0.394 e. The van der Waals surface area contributed by atoms with Crippen molar-refractivity contribution in [2.45, 2.75) is 83.7 Å². The Hall–Kier alpha value is -2.62. The largest absolute Gasteiger partial charge is 0.394 e. The van der Waals surface area contributed by atoms with Crippen LogP contribution in [0.15, 0.2) is 91.0 Å². The second-order valence-corrected chi connectivity index (χ2v) is 13.4. The SMILES string of the molecule is CCC(C)(COCC1CO1)c1ccccc1.CCC(C)(COCCOCCOCCOCCO)c1ccccc1.CCC(C)c1ccccc1. The Kier molecular flexibility index (Phi) is 22.8. The number of rotatable bonds is 23. The summed E-state index contributed by atoms with van der Waals surface area (Å²) in [5.74, 6) is 0.709. The highest BCUT2D eigenvalue weighted by atomic mass is 16.6. The van der Waals surface area contributed by atoms with E-state index in [2.05, 4.69) is 126 Å². The number of ether oxygens (including phenoxy) is 6. The molecule has 7 nitrogen and oxygen atoms in total. The smallest absolute Gasteiger partial charge is 0.104 e. The molecule has 4 unspecified atom stereocenters. The second-order valence-electron chi connectivity index (χ2n) is 13.4. The monoisotopic (exact) mass is 694 g/mol. The first-order valence-corrected chi connectivity index (χ1v) is 18.6. The highest BCUT2D eigenvalue weighted by molar-refractivity contribution is 5.25. The molecule has 3 aromatic carbocycles. The Morgan fingerprint density at radius 2 is 1.02 bits per heavy atom. The van der Waals surface area contributed by atoms with Gasteiger partial charge >= 0.3 is 0 Å². The van der Waals surface area contributed by atoms with Crippen LogP contribution < -0.4 is 0 Å². The summed E-state index contributed by atoms with van der Waals surface area (Å²) >= 11 is 0. The standard InChI is InChI=1S/C19H32O5.C14H20O2.C10H14/c1-3-19(2,18-7-5-4-6-8-18)17-24-16-15-23-14-13-22-12-11-21-10-9-20;1-3-14(2,11-15-9-13-10-16-13)12-7-5-4-6-8-12;1-3-9(2)10-7-5-4-6-8-10/h4-8,20H,3,9-17H2,1-2H3;4-8,13H,3,9-11H2,1-2H3;4-9H,3H2,1-2H3. The Morgan fingerprint density at radius 1 is 0.620 bits per heavy atom. The van der Waals surface area contributed by atoms with Gasteiger partial charge in [-0.25, -0.2) is 0 Å². The van der Waals surface area contributed by atoms with Crippen molar-refractivity contribution in [3.63, 3.8) is 0 Å². The molecule has 1 heterocycles. The molecular weight excluding hydrogens is 628 g/mol. The minimum absolute atomic E-state index is 0.0406. The number of aliphatic hydroxyl groups is 1. The van der Waals surface area contributed by atoms with Gasteiger partial charge in [0.05, 0.1) is 79.3 Å². The predicted molar refractivity (Wildman–Crippen MR) is 204 cm³/mol. The fourth-order valence-electron chi connectivity index (χ4n) is 5.08. The van der Waals surface area contributed by atoms with E-state index in [1.807, 2.05) is 6.07 Å². The lowest BCUT2D eigenvalue weighted by molar-refractivity contribution is -0.0106. The van der Waals surface area contributed by atoms with Crippen LogP contribution in [0.25, 0.3) is 0 Å². The maximum absolute atomic E-state index is 8.54. The molecule has 50 heavy (non-hydrogen) atoms. The maximum Gasteiger partial charge on any atom is 0.104 e. The van der Waals surface area contributed by atoms with E-state index in [4.69, 9.17) is 33.5 Å². The van der Waals surface area contributed by atoms with Crippen molar-refractivity contribution in [3.8, 4) is 0 Å². The van der Waals surface area contributed by atoms with Crippen LogP contribution in [0.5, 0.6) is 0 Å². The zero-order valence-corrected chi connectivity index (χ0v) is 31.8. The summed E-state index contributed by atoms with van der Waals surface area (Å²) in [5.41, 5.74) is 4.28. The molecule has 0 saturated carbocycles. The van der Waals surface area contributed by atoms with Crippen molar-refractivity contribution >= 4 is 0 Å². The number of epoxide rings is 1. The third-order valence-corrected chi connectivity index (χ3v) is 9.38. The normalized spacial score (nSPS) is 16.5. The first-order valence-electron chi connectivity index (χ1n) is 18.6. The molecule has 1 aliphatic heterocycles. The fraction of sp³-hybridized carbons (Fsp3) is 0.581. The Labute approximate surface area is 303 Å². The van der Waals surface area contributed by atoms with Gasteiger partial charge in [-0.1, -0.05) is 133 Å². The summed E-state index contributed by atoms with van der Waals surface area (Å²) in [4.78, 5) is 0. The molecule has 4 atom stereocenters. The van der Waals surface area contributed by atoms with Gasteiger partial charge in [0.2, 0.25) is 0 Å². The van der Waals surface area contributed by atoms with Crippen LogP contribution in [0, 0.1) is 0 Å². The van der Waals surface area contributed by atoms with Crippen molar-refractivity contribution in [1.29, 1.82) is 0 Å². The van der Waals surface area contributed by atoms with Crippen LogP contribution in [0.4, 0.5) is 0 Å². The molecule has 0 amide bonds. The Morgan fingerprint density at radius 3 is 1.42 bits per heavy atom. The molecule has 1 saturated heterocycles. The maximum atomic E-state index is 8.54.